The average molecular weight is 218 g/mol. The first-order valence-corrected chi connectivity index (χ1v) is 4.05. The molecule has 0 atom stereocenters. The first kappa shape index (κ1) is 11.4. The van der Waals surface area contributed by atoms with E-state index in [9.17, 15) is 18.0 Å². The summed E-state index contributed by atoms with van der Waals surface area (Å²) in [5.74, 6) is -0.367. The molecular formula is C9H9F3N2O. The predicted octanol–water partition coefficient (Wildman–Crippen LogP) is 2.25. The summed E-state index contributed by atoms with van der Waals surface area (Å²) in [4.78, 5) is 10.6. The second-order valence-corrected chi connectivity index (χ2v) is 2.98. The van der Waals surface area contributed by atoms with Crippen LogP contribution in [-0.2, 0) is 11.0 Å². The number of hydrogen-bond acceptors (Lipinski definition) is 2. The van der Waals surface area contributed by atoms with E-state index >= 15 is 0 Å². The topological polar surface area (TPSA) is 55.1 Å². The number of alkyl halides is 3. The summed E-state index contributed by atoms with van der Waals surface area (Å²) < 4.78 is 36.8. The Balaban J connectivity index is 3.04. The molecule has 1 rings (SSSR count). The molecule has 0 saturated carbocycles. The molecule has 0 aliphatic rings. The van der Waals surface area contributed by atoms with E-state index in [1.165, 1.54) is 6.92 Å². The van der Waals surface area contributed by atoms with Gasteiger partial charge in [-0.3, -0.25) is 4.79 Å². The number of nitrogens with two attached hydrogens (primary N) is 1. The number of nitrogen functional groups attached to an aromatic ring is 1. The lowest BCUT2D eigenvalue weighted by molar-refractivity contribution is -0.136. The SMILES string of the molecule is CC(=O)Nc1ccc(C(F)(F)F)c(N)c1. The molecule has 0 spiro atoms. The number of carbonyl (C=O) groups excluding carboxylic acids is 1. The first-order valence-electron chi connectivity index (χ1n) is 4.05. The average Bonchev–Trinajstić information content (AvgIpc) is 1.99. The molecule has 6 heteroatoms. The van der Waals surface area contributed by atoms with Gasteiger partial charge >= 0.3 is 6.18 Å². The van der Waals surface area contributed by atoms with Gasteiger partial charge in [-0.15, -0.1) is 0 Å². The second-order valence-electron chi connectivity index (χ2n) is 2.98. The maximum atomic E-state index is 12.3. The van der Waals surface area contributed by atoms with Gasteiger partial charge in [-0.1, -0.05) is 0 Å². The van der Waals surface area contributed by atoms with Crippen LogP contribution in [-0.4, -0.2) is 5.91 Å². The van der Waals surface area contributed by atoms with Crippen molar-refractivity contribution in [3.63, 3.8) is 0 Å². The van der Waals surface area contributed by atoms with Crippen LogP contribution in [0.5, 0.6) is 0 Å². The lowest BCUT2D eigenvalue weighted by Crippen LogP contribution is -2.11. The highest BCUT2D eigenvalue weighted by Gasteiger charge is 2.32. The molecule has 0 radical (unpaired) electrons. The van der Waals surface area contributed by atoms with Gasteiger partial charge < -0.3 is 11.1 Å². The van der Waals surface area contributed by atoms with E-state index < -0.39 is 17.4 Å². The summed E-state index contributed by atoms with van der Waals surface area (Å²) in [5, 5.41) is 2.34. The molecule has 3 nitrogen and oxygen atoms in total. The Morgan fingerprint density at radius 1 is 1.40 bits per heavy atom. The lowest BCUT2D eigenvalue weighted by Gasteiger charge is -2.11. The number of nitrogens with one attached hydrogen (secondary N) is 1. The van der Waals surface area contributed by atoms with Crippen LogP contribution in [0.4, 0.5) is 24.5 Å². The number of anilines is 2. The maximum Gasteiger partial charge on any atom is 0.418 e. The standard InChI is InChI=1S/C9H9F3N2O/c1-5(15)14-6-2-3-7(8(13)4-6)9(10,11)12/h2-4H,13H2,1H3,(H,14,15). The van der Waals surface area contributed by atoms with Gasteiger partial charge in [-0.2, -0.15) is 13.2 Å². The van der Waals surface area contributed by atoms with Crippen molar-refractivity contribution in [1.29, 1.82) is 0 Å². The zero-order valence-electron chi connectivity index (χ0n) is 7.85. The highest BCUT2D eigenvalue weighted by Crippen LogP contribution is 2.34. The van der Waals surface area contributed by atoms with Crippen LogP contribution in [0.25, 0.3) is 0 Å². The molecule has 0 saturated heterocycles. The molecule has 0 fully saturated rings. The van der Waals surface area contributed by atoms with Gasteiger partial charge in [0.2, 0.25) is 5.91 Å². The normalized spacial score (nSPS) is 11.2. The minimum atomic E-state index is -4.47. The Morgan fingerprint density at radius 3 is 2.40 bits per heavy atom. The van der Waals surface area contributed by atoms with E-state index in [-0.39, 0.29) is 11.6 Å². The number of rotatable bonds is 1. The molecule has 82 valence electrons. The van der Waals surface area contributed by atoms with Crippen LogP contribution in [0.2, 0.25) is 0 Å². The zero-order chi connectivity index (χ0) is 11.6. The van der Waals surface area contributed by atoms with Crippen molar-refractivity contribution in [2.24, 2.45) is 0 Å². The number of amides is 1. The summed E-state index contributed by atoms with van der Waals surface area (Å²) in [6.07, 6.45) is -4.47. The fraction of sp³-hybridized carbons (Fsp3) is 0.222. The van der Waals surface area contributed by atoms with Crippen LogP contribution in [0.15, 0.2) is 18.2 Å². The summed E-state index contributed by atoms with van der Waals surface area (Å²) in [6.45, 7) is 1.26. The molecule has 15 heavy (non-hydrogen) atoms. The van der Waals surface area contributed by atoms with Crippen LogP contribution in [0.3, 0.4) is 0 Å². The van der Waals surface area contributed by atoms with Crippen molar-refractivity contribution in [2.45, 2.75) is 13.1 Å². The van der Waals surface area contributed by atoms with Crippen molar-refractivity contribution < 1.29 is 18.0 Å². The molecule has 1 amide bonds. The van der Waals surface area contributed by atoms with E-state index in [0.29, 0.717) is 0 Å². The second kappa shape index (κ2) is 3.80. The quantitative estimate of drug-likeness (QED) is 0.710. The zero-order valence-corrected chi connectivity index (χ0v) is 7.85. The molecule has 3 N–H and O–H groups in total. The Labute approximate surface area is 84.1 Å². The van der Waals surface area contributed by atoms with Crippen molar-refractivity contribution in [2.75, 3.05) is 11.1 Å². The van der Waals surface area contributed by atoms with Crippen LogP contribution in [0.1, 0.15) is 12.5 Å². The molecule has 1 aromatic rings. The highest BCUT2D eigenvalue weighted by atomic mass is 19.4. The third-order valence-corrected chi connectivity index (χ3v) is 1.68. The molecule has 0 aliphatic carbocycles. The number of carbonyl (C=O) groups is 1. The molecule has 0 heterocycles. The third kappa shape index (κ3) is 2.87. The van der Waals surface area contributed by atoms with Gasteiger partial charge in [0.25, 0.3) is 0 Å². The van der Waals surface area contributed by atoms with E-state index in [1.807, 2.05) is 0 Å². The minimum Gasteiger partial charge on any atom is -0.398 e. The molecule has 0 unspecified atom stereocenters. The summed E-state index contributed by atoms with van der Waals surface area (Å²) >= 11 is 0. The highest BCUT2D eigenvalue weighted by molar-refractivity contribution is 5.89. The minimum absolute atomic E-state index is 0.244. The van der Waals surface area contributed by atoms with Crippen LogP contribution >= 0.6 is 0 Å². The third-order valence-electron chi connectivity index (χ3n) is 1.68. The van der Waals surface area contributed by atoms with E-state index in [2.05, 4.69) is 5.32 Å². The molecule has 1 aromatic carbocycles. The van der Waals surface area contributed by atoms with Crippen LogP contribution < -0.4 is 11.1 Å². The number of halogens is 3. The van der Waals surface area contributed by atoms with Crippen LogP contribution in [0, 0.1) is 0 Å². The molecule has 0 bridgehead atoms. The van der Waals surface area contributed by atoms with Crippen molar-refractivity contribution in [3.8, 4) is 0 Å². The summed E-state index contributed by atoms with van der Waals surface area (Å²) in [6, 6.07) is 3.06. The van der Waals surface area contributed by atoms with Gasteiger partial charge in [0.15, 0.2) is 0 Å². The number of hydrogen-bond donors (Lipinski definition) is 2. The lowest BCUT2D eigenvalue weighted by atomic mass is 10.1. The van der Waals surface area contributed by atoms with Crippen molar-refractivity contribution in [3.05, 3.63) is 23.8 Å². The van der Waals surface area contributed by atoms with E-state index in [0.717, 1.165) is 18.2 Å². The monoisotopic (exact) mass is 218 g/mol. The van der Waals surface area contributed by atoms with Gasteiger partial charge in [0, 0.05) is 18.3 Å². The Morgan fingerprint density at radius 2 is 2.00 bits per heavy atom. The largest absolute Gasteiger partial charge is 0.418 e. The predicted molar refractivity (Wildman–Crippen MR) is 50.2 cm³/mol. The van der Waals surface area contributed by atoms with E-state index in [1.54, 1.807) is 0 Å². The van der Waals surface area contributed by atoms with E-state index in [4.69, 9.17) is 5.73 Å². The summed E-state index contributed by atoms with van der Waals surface area (Å²) in [7, 11) is 0. The molecule has 0 aromatic heterocycles. The fourth-order valence-corrected chi connectivity index (χ4v) is 1.10. The van der Waals surface area contributed by atoms with Gasteiger partial charge in [0.1, 0.15) is 0 Å². The maximum absolute atomic E-state index is 12.3. The smallest absolute Gasteiger partial charge is 0.398 e. The summed E-state index contributed by atoms with van der Waals surface area (Å²) in [5.41, 5.74) is 4.14. The fourth-order valence-electron chi connectivity index (χ4n) is 1.10. The molecule has 0 aliphatic heterocycles. The first-order chi connectivity index (χ1) is 6.80. The van der Waals surface area contributed by atoms with Crippen molar-refractivity contribution >= 4 is 17.3 Å². The van der Waals surface area contributed by atoms with Gasteiger partial charge in [0.05, 0.1) is 5.56 Å². The van der Waals surface area contributed by atoms with Gasteiger partial charge in [-0.25, -0.2) is 0 Å². The molecular weight excluding hydrogens is 209 g/mol. The Hall–Kier alpha value is -1.72. The van der Waals surface area contributed by atoms with Gasteiger partial charge in [-0.05, 0) is 18.2 Å². The Bertz CT molecular complexity index is 387. The number of benzene rings is 1. The van der Waals surface area contributed by atoms with Crippen molar-refractivity contribution in [1.82, 2.24) is 0 Å². The Kier molecular flexibility index (Phi) is 2.88.